The average Bonchev–Trinajstić information content (AvgIpc) is 3.34. The molecule has 0 aliphatic rings. The number of hydrogen-bond acceptors (Lipinski definition) is 7. The molecule has 0 bridgehead atoms. The summed E-state index contributed by atoms with van der Waals surface area (Å²) in [6, 6.07) is 4.84. The van der Waals surface area contributed by atoms with Crippen molar-refractivity contribution in [3.63, 3.8) is 0 Å². The number of pyridine rings is 1. The molecule has 2 aromatic heterocycles. The summed E-state index contributed by atoms with van der Waals surface area (Å²) in [7, 11) is 4.70. The quantitative estimate of drug-likeness (QED) is 0.197. The first-order chi connectivity index (χ1) is 20.8. The summed E-state index contributed by atoms with van der Waals surface area (Å²) < 4.78 is 25.6. The van der Waals surface area contributed by atoms with E-state index in [0.717, 1.165) is 5.56 Å². The van der Waals surface area contributed by atoms with E-state index in [9.17, 15) is 23.6 Å². The number of anilines is 1. The number of rotatable bonds is 13. The number of likely N-dealkylation sites (N-methyl/N-ethyl adjacent to an activating group) is 1. The maximum Gasteiger partial charge on any atom is 0.407 e. The summed E-state index contributed by atoms with van der Waals surface area (Å²) in [5, 5.41) is 5.11. The number of carbonyl (C=O) groups is 3. The maximum absolute atomic E-state index is 14.3. The third-order valence-electron chi connectivity index (χ3n) is 6.45. The van der Waals surface area contributed by atoms with Crippen LogP contribution in [0.3, 0.4) is 0 Å². The molecule has 44 heavy (non-hydrogen) atoms. The second kappa shape index (κ2) is 15.3. The number of halogens is 1. The zero-order valence-electron chi connectivity index (χ0n) is 26.0. The normalized spacial score (nSPS) is 12.3. The summed E-state index contributed by atoms with van der Waals surface area (Å²) >= 11 is 0. The van der Waals surface area contributed by atoms with Crippen molar-refractivity contribution in [3.8, 4) is 0 Å². The highest BCUT2D eigenvalue weighted by atomic mass is 19.1. The Hall–Kier alpha value is -4.52. The molecule has 1 atom stereocenters. The van der Waals surface area contributed by atoms with Crippen molar-refractivity contribution in [2.75, 3.05) is 39.7 Å². The highest BCUT2D eigenvalue weighted by Crippen LogP contribution is 2.27. The second-order valence-corrected chi connectivity index (χ2v) is 11.8. The number of aromatic nitrogens is 3. The zero-order chi connectivity index (χ0) is 32.4. The summed E-state index contributed by atoms with van der Waals surface area (Å²) in [4.78, 5) is 59.8. The minimum absolute atomic E-state index is 0.00837. The van der Waals surface area contributed by atoms with Gasteiger partial charge in [-0.1, -0.05) is 26.8 Å². The molecule has 0 radical (unpaired) electrons. The third kappa shape index (κ3) is 10.0. The van der Waals surface area contributed by atoms with Crippen LogP contribution in [-0.4, -0.2) is 77.8 Å². The van der Waals surface area contributed by atoms with E-state index in [1.54, 1.807) is 32.4 Å². The van der Waals surface area contributed by atoms with Crippen LogP contribution in [0, 0.1) is 11.2 Å². The predicted octanol–water partition coefficient (Wildman–Crippen LogP) is 3.60. The van der Waals surface area contributed by atoms with E-state index in [1.807, 2.05) is 0 Å². The fourth-order valence-electron chi connectivity index (χ4n) is 4.39. The molecule has 3 N–H and O–H groups in total. The number of carbonyl (C=O) groups excluding carboxylic acids is 3. The number of H-pyrrole nitrogens is 1. The van der Waals surface area contributed by atoms with E-state index in [4.69, 9.17) is 9.47 Å². The van der Waals surface area contributed by atoms with E-state index in [2.05, 4.69) is 41.4 Å². The molecule has 0 aliphatic carbocycles. The number of nitrogens with zero attached hydrogens (tertiary/aromatic N) is 3. The molecule has 3 aromatic rings. The minimum atomic E-state index is -1.07. The topological polar surface area (TPSA) is 148 Å². The van der Waals surface area contributed by atoms with Gasteiger partial charge in [-0.3, -0.25) is 14.4 Å². The Labute approximate surface area is 255 Å². The number of benzene rings is 1. The van der Waals surface area contributed by atoms with Crippen molar-refractivity contribution in [3.05, 3.63) is 70.2 Å². The van der Waals surface area contributed by atoms with Gasteiger partial charge in [-0.05, 0) is 60.6 Å². The van der Waals surface area contributed by atoms with E-state index < -0.39 is 23.6 Å². The van der Waals surface area contributed by atoms with Crippen LogP contribution in [0.5, 0.6) is 0 Å². The molecule has 13 heteroatoms. The number of nitrogens with one attached hydrogen (secondary N) is 3. The van der Waals surface area contributed by atoms with E-state index in [0.29, 0.717) is 29.7 Å². The molecule has 0 spiro atoms. The summed E-state index contributed by atoms with van der Waals surface area (Å²) in [6.07, 6.45) is 4.74. The van der Waals surface area contributed by atoms with Gasteiger partial charge in [0, 0.05) is 27.4 Å². The van der Waals surface area contributed by atoms with E-state index >= 15 is 0 Å². The Kier molecular flexibility index (Phi) is 11.8. The van der Waals surface area contributed by atoms with Gasteiger partial charge in [0.1, 0.15) is 30.0 Å². The van der Waals surface area contributed by atoms with Gasteiger partial charge >= 0.3 is 6.09 Å². The fourth-order valence-corrected chi connectivity index (χ4v) is 4.39. The first-order valence-electron chi connectivity index (χ1n) is 14.2. The van der Waals surface area contributed by atoms with Crippen molar-refractivity contribution >= 4 is 34.6 Å². The fraction of sp³-hybridized carbons (Fsp3) is 0.452. The standard InChI is InChI=1S/C31H41FN6O6/c1-31(2,3)18-20-16-21(32)17-24-27(20)36-25(33-24)19-38-13-9-11-23(29(38)41)34-28(40)22(35-30(42)44-15-14-43-6)10-7-8-12-26(39)37(4)5/h8-9,11-13,16-17,22H,7,10,14-15,18-19H2,1-6H3,(H,33,36)(H,34,40)(H,35,42)/b12-8+/t22-/m0/s1. The lowest BCUT2D eigenvalue weighted by Crippen LogP contribution is -2.45. The lowest BCUT2D eigenvalue weighted by molar-refractivity contribution is -0.123. The molecule has 12 nitrogen and oxygen atoms in total. The molecular formula is C31H41FN6O6. The SMILES string of the molecule is COCCOC(=O)N[C@@H](CC/C=C/C(=O)N(C)C)C(=O)Nc1cccn(Cc2nc3c(CC(C)(C)C)cc(F)cc3[nH]2)c1=O. The monoisotopic (exact) mass is 612 g/mol. The molecule has 3 rings (SSSR count). The van der Waals surface area contributed by atoms with E-state index in [1.165, 1.54) is 40.9 Å². The summed E-state index contributed by atoms with van der Waals surface area (Å²) in [6.45, 7) is 6.40. The van der Waals surface area contributed by atoms with Gasteiger partial charge in [0.05, 0.1) is 24.2 Å². The molecule has 2 heterocycles. The van der Waals surface area contributed by atoms with Gasteiger partial charge in [0.15, 0.2) is 0 Å². The Morgan fingerprint density at radius 1 is 1.20 bits per heavy atom. The number of amides is 3. The summed E-state index contributed by atoms with van der Waals surface area (Å²) in [5.41, 5.74) is 1.34. The number of hydrogen-bond donors (Lipinski definition) is 3. The largest absolute Gasteiger partial charge is 0.447 e. The molecule has 0 aliphatic heterocycles. The Morgan fingerprint density at radius 2 is 1.95 bits per heavy atom. The van der Waals surface area contributed by atoms with Crippen LogP contribution in [0.1, 0.15) is 45.0 Å². The number of allylic oxidation sites excluding steroid dienone is 1. The van der Waals surface area contributed by atoms with Gasteiger partial charge in [0.2, 0.25) is 11.8 Å². The van der Waals surface area contributed by atoms with Crippen LogP contribution < -0.4 is 16.2 Å². The molecule has 0 unspecified atom stereocenters. The molecule has 238 valence electrons. The maximum atomic E-state index is 14.3. The number of fused-ring (bicyclic) bond motifs is 1. The first-order valence-corrected chi connectivity index (χ1v) is 14.2. The lowest BCUT2D eigenvalue weighted by atomic mass is 9.87. The van der Waals surface area contributed by atoms with Gasteiger partial charge in [-0.25, -0.2) is 14.2 Å². The first kappa shape index (κ1) is 34.0. The Balaban J connectivity index is 1.78. The van der Waals surface area contributed by atoms with Crippen molar-refractivity contribution in [2.45, 2.75) is 52.6 Å². The highest BCUT2D eigenvalue weighted by Gasteiger charge is 2.23. The smallest absolute Gasteiger partial charge is 0.407 e. The molecule has 3 amide bonds. The summed E-state index contributed by atoms with van der Waals surface area (Å²) in [5.74, 6) is -0.784. The van der Waals surface area contributed by atoms with E-state index in [-0.39, 0.29) is 49.0 Å². The van der Waals surface area contributed by atoms with Crippen molar-refractivity contribution < 1.29 is 28.2 Å². The van der Waals surface area contributed by atoms with Gasteiger partial charge in [0.25, 0.3) is 5.56 Å². The molecule has 0 saturated heterocycles. The average molecular weight is 613 g/mol. The van der Waals surface area contributed by atoms with Crippen LogP contribution in [0.25, 0.3) is 11.0 Å². The highest BCUT2D eigenvalue weighted by molar-refractivity contribution is 5.96. The minimum Gasteiger partial charge on any atom is -0.447 e. The molecule has 0 saturated carbocycles. The van der Waals surface area contributed by atoms with Crippen molar-refractivity contribution in [2.24, 2.45) is 5.41 Å². The molecule has 1 aromatic carbocycles. The third-order valence-corrected chi connectivity index (χ3v) is 6.45. The van der Waals surface area contributed by atoms with Crippen molar-refractivity contribution in [1.29, 1.82) is 0 Å². The number of methoxy groups -OCH3 is 1. The number of ether oxygens (including phenoxy) is 2. The van der Waals surface area contributed by atoms with Crippen LogP contribution in [-0.2, 0) is 32.0 Å². The number of alkyl carbamates (subject to hydrolysis) is 1. The Bertz CT molecular complexity index is 1560. The van der Waals surface area contributed by atoms with Crippen LogP contribution in [0.15, 0.2) is 47.4 Å². The molecular weight excluding hydrogens is 571 g/mol. The molecule has 0 fully saturated rings. The number of aromatic amines is 1. The van der Waals surface area contributed by atoms with Gasteiger partial charge in [-0.2, -0.15) is 0 Å². The number of imidazole rings is 1. The van der Waals surface area contributed by atoms with Crippen LogP contribution in [0.2, 0.25) is 0 Å². The lowest BCUT2D eigenvalue weighted by Gasteiger charge is -2.18. The predicted molar refractivity (Wildman–Crippen MR) is 165 cm³/mol. The zero-order valence-corrected chi connectivity index (χ0v) is 26.0. The van der Waals surface area contributed by atoms with Gasteiger partial charge in [-0.15, -0.1) is 0 Å². The Morgan fingerprint density at radius 3 is 2.64 bits per heavy atom. The van der Waals surface area contributed by atoms with Crippen LogP contribution in [0.4, 0.5) is 14.9 Å². The van der Waals surface area contributed by atoms with Gasteiger partial charge < -0.3 is 34.6 Å². The second-order valence-electron chi connectivity index (χ2n) is 11.8. The van der Waals surface area contributed by atoms with Crippen LogP contribution >= 0.6 is 0 Å². The van der Waals surface area contributed by atoms with Crippen molar-refractivity contribution in [1.82, 2.24) is 24.8 Å².